The number of carbonyl (C=O) groups excluding carboxylic acids is 2. The van der Waals surface area contributed by atoms with Gasteiger partial charge < -0.3 is 10.6 Å². The molecule has 0 heterocycles. The van der Waals surface area contributed by atoms with Crippen LogP contribution in [0, 0.1) is 0 Å². The van der Waals surface area contributed by atoms with Crippen molar-refractivity contribution in [1.82, 2.24) is 10.6 Å². The number of carbonyl (C=O) groups is 2. The van der Waals surface area contributed by atoms with Gasteiger partial charge in [-0.2, -0.15) is 39.5 Å². The Labute approximate surface area is 219 Å². The van der Waals surface area contributed by atoms with E-state index in [1.54, 1.807) is 0 Å². The van der Waals surface area contributed by atoms with E-state index in [1.165, 1.54) is 11.4 Å². The highest BCUT2D eigenvalue weighted by molar-refractivity contribution is 6.34. The predicted molar refractivity (Wildman–Crippen MR) is 122 cm³/mol. The van der Waals surface area contributed by atoms with Gasteiger partial charge in [0.2, 0.25) is 5.91 Å². The summed E-state index contributed by atoms with van der Waals surface area (Å²) < 4.78 is 119. The lowest BCUT2D eigenvalue weighted by Crippen LogP contribution is -2.47. The largest absolute Gasteiger partial charge is 0.417 e. The minimum absolute atomic E-state index is 0.0915. The summed E-state index contributed by atoms with van der Waals surface area (Å²) in [6.07, 6.45) is -13.4. The standard InChI is InChI=1S/C23H17Cl2F9N2O2/c1-11(19(37)35-10-21(26,27)28)36-20(38)16-4-2-12(6-18(16)23(32,33)34)3-5-17(22(29,30)31)13-7-14(24)9-15(25)8-13/h2-9,11,17H,10H2,1H3,(H,35,37)(H,36,38). The van der Waals surface area contributed by atoms with Gasteiger partial charge in [0.25, 0.3) is 5.91 Å². The van der Waals surface area contributed by atoms with Crippen LogP contribution in [-0.4, -0.2) is 36.8 Å². The van der Waals surface area contributed by atoms with Crippen LogP contribution < -0.4 is 10.6 Å². The number of allylic oxidation sites excluding steroid dienone is 1. The van der Waals surface area contributed by atoms with Crippen molar-refractivity contribution in [3.8, 4) is 0 Å². The van der Waals surface area contributed by atoms with Gasteiger partial charge in [-0.3, -0.25) is 9.59 Å². The zero-order valence-corrected chi connectivity index (χ0v) is 20.5. The summed E-state index contributed by atoms with van der Waals surface area (Å²) in [5.74, 6) is -5.03. The van der Waals surface area contributed by atoms with E-state index in [0.29, 0.717) is 18.2 Å². The highest BCUT2D eigenvalue weighted by atomic mass is 35.5. The van der Waals surface area contributed by atoms with E-state index in [-0.39, 0.29) is 21.2 Å². The van der Waals surface area contributed by atoms with Crippen molar-refractivity contribution < 1.29 is 49.1 Å². The normalized spacial score (nSPS) is 14.3. The van der Waals surface area contributed by atoms with Gasteiger partial charge in [0.1, 0.15) is 12.6 Å². The SMILES string of the molecule is CC(NC(=O)c1ccc(C=CC(c2cc(Cl)cc(Cl)c2)C(F)(F)F)cc1C(F)(F)F)C(=O)NCC(F)(F)F. The molecule has 2 rings (SSSR count). The number of hydrogen-bond donors (Lipinski definition) is 2. The molecule has 0 aliphatic rings. The van der Waals surface area contributed by atoms with E-state index >= 15 is 0 Å². The molecule has 2 unspecified atom stereocenters. The molecular formula is C23H17Cl2F9N2O2. The maximum absolute atomic E-state index is 13.7. The molecule has 38 heavy (non-hydrogen) atoms. The number of hydrogen-bond acceptors (Lipinski definition) is 2. The second kappa shape index (κ2) is 11.9. The van der Waals surface area contributed by atoms with Crippen LogP contribution in [-0.2, 0) is 11.0 Å². The third-order valence-electron chi connectivity index (χ3n) is 4.88. The quantitative estimate of drug-likeness (QED) is 0.334. The Morgan fingerprint density at radius 2 is 1.50 bits per heavy atom. The molecule has 0 aliphatic carbocycles. The second-order valence-corrected chi connectivity index (χ2v) is 8.78. The Morgan fingerprint density at radius 1 is 0.921 bits per heavy atom. The summed E-state index contributed by atoms with van der Waals surface area (Å²) in [5, 5.41) is 3.15. The maximum atomic E-state index is 13.7. The van der Waals surface area contributed by atoms with Gasteiger partial charge in [0, 0.05) is 10.0 Å². The first-order valence-corrected chi connectivity index (χ1v) is 11.1. The topological polar surface area (TPSA) is 58.2 Å². The maximum Gasteiger partial charge on any atom is 0.417 e. The van der Waals surface area contributed by atoms with Crippen LogP contribution >= 0.6 is 23.2 Å². The average molecular weight is 595 g/mol. The molecule has 4 nitrogen and oxygen atoms in total. The number of nitrogens with one attached hydrogen (secondary N) is 2. The van der Waals surface area contributed by atoms with Crippen molar-refractivity contribution in [2.24, 2.45) is 0 Å². The highest BCUT2D eigenvalue weighted by Crippen LogP contribution is 2.39. The van der Waals surface area contributed by atoms with E-state index in [4.69, 9.17) is 23.2 Å². The van der Waals surface area contributed by atoms with Crippen LogP contribution in [0.1, 0.15) is 39.9 Å². The number of halogens is 11. The Bertz CT molecular complexity index is 1190. The van der Waals surface area contributed by atoms with Crippen molar-refractivity contribution in [1.29, 1.82) is 0 Å². The van der Waals surface area contributed by atoms with E-state index in [0.717, 1.165) is 31.2 Å². The minimum atomic E-state index is -5.15. The minimum Gasteiger partial charge on any atom is -0.345 e. The van der Waals surface area contributed by atoms with E-state index in [9.17, 15) is 49.1 Å². The summed E-state index contributed by atoms with van der Waals surface area (Å²) >= 11 is 11.5. The fourth-order valence-corrected chi connectivity index (χ4v) is 3.69. The zero-order valence-electron chi connectivity index (χ0n) is 19.0. The lowest BCUT2D eigenvalue weighted by molar-refractivity contribution is -0.139. The average Bonchev–Trinajstić information content (AvgIpc) is 2.74. The number of benzene rings is 2. The number of rotatable bonds is 7. The fraction of sp³-hybridized carbons (Fsp3) is 0.304. The Morgan fingerprint density at radius 3 is 2.00 bits per heavy atom. The molecule has 0 saturated carbocycles. The van der Waals surface area contributed by atoms with Crippen molar-refractivity contribution >= 4 is 41.1 Å². The monoisotopic (exact) mass is 594 g/mol. The predicted octanol–water partition coefficient (Wildman–Crippen LogP) is 7.17. The van der Waals surface area contributed by atoms with Crippen LogP contribution in [0.3, 0.4) is 0 Å². The first-order chi connectivity index (χ1) is 17.3. The van der Waals surface area contributed by atoms with Crippen LogP contribution in [0.2, 0.25) is 10.0 Å². The third kappa shape index (κ3) is 9.12. The molecule has 0 bridgehead atoms. The lowest BCUT2D eigenvalue weighted by Gasteiger charge is -2.19. The molecule has 0 radical (unpaired) electrons. The Balaban J connectivity index is 2.35. The number of alkyl halides is 9. The summed E-state index contributed by atoms with van der Waals surface area (Å²) in [4.78, 5) is 24.1. The van der Waals surface area contributed by atoms with Crippen LogP contribution in [0.4, 0.5) is 39.5 Å². The molecule has 15 heteroatoms. The lowest BCUT2D eigenvalue weighted by atomic mass is 9.96. The van der Waals surface area contributed by atoms with Crippen LogP contribution in [0.5, 0.6) is 0 Å². The van der Waals surface area contributed by atoms with Gasteiger partial charge in [0.15, 0.2) is 0 Å². The summed E-state index contributed by atoms with van der Waals surface area (Å²) in [7, 11) is 0. The fourth-order valence-electron chi connectivity index (χ4n) is 3.15. The second-order valence-electron chi connectivity index (χ2n) is 7.91. The van der Waals surface area contributed by atoms with E-state index < -0.39 is 60.0 Å². The van der Waals surface area contributed by atoms with Crippen molar-refractivity contribution in [2.45, 2.75) is 37.4 Å². The zero-order chi connectivity index (χ0) is 29.1. The molecule has 0 aromatic heterocycles. The van der Waals surface area contributed by atoms with Gasteiger partial charge >= 0.3 is 18.5 Å². The summed E-state index contributed by atoms with van der Waals surface area (Å²) in [6.45, 7) is -0.769. The van der Waals surface area contributed by atoms with Gasteiger partial charge in [-0.15, -0.1) is 0 Å². The smallest absolute Gasteiger partial charge is 0.345 e. The van der Waals surface area contributed by atoms with Crippen LogP contribution in [0.15, 0.2) is 42.5 Å². The van der Waals surface area contributed by atoms with Crippen molar-refractivity contribution in [2.75, 3.05) is 6.54 Å². The van der Waals surface area contributed by atoms with E-state index in [1.807, 2.05) is 5.32 Å². The first-order valence-electron chi connectivity index (χ1n) is 10.4. The summed E-state index contributed by atoms with van der Waals surface area (Å²) in [6, 6.07) is 3.56. The van der Waals surface area contributed by atoms with Gasteiger partial charge in [0.05, 0.1) is 17.0 Å². The van der Waals surface area contributed by atoms with Crippen molar-refractivity contribution in [3.63, 3.8) is 0 Å². The molecule has 2 atom stereocenters. The molecule has 208 valence electrons. The molecule has 0 fully saturated rings. The number of amides is 2. The molecule has 0 aliphatic heterocycles. The van der Waals surface area contributed by atoms with Crippen molar-refractivity contribution in [3.05, 3.63) is 74.8 Å². The van der Waals surface area contributed by atoms with E-state index in [2.05, 4.69) is 0 Å². The molecule has 2 N–H and O–H groups in total. The molecule has 2 aromatic rings. The van der Waals surface area contributed by atoms with Gasteiger partial charge in [-0.1, -0.05) is 41.4 Å². The van der Waals surface area contributed by atoms with Gasteiger partial charge in [-0.05, 0) is 48.4 Å². The van der Waals surface area contributed by atoms with Gasteiger partial charge in [-0.25, -0.2) is 0 Å². The molecular weight excluding hydrogens is 578 g/mol. The Hall–Kier alpha value is -2.93. The first kappa shape index (κ1) is 31.3. The summed E-state index contributed by atoms with van der Waals surface area (Å²) in [5.41, 5.74) is -3.27. The molecule has 2 aromatic carbocycles. The molecule has 0 spiro atoms. The molecule has 0 saturated heterocycles. The Kier molecular flexibility index (Phi) is 9.76. The van der Waals surface area contributed by atoms with Crippen LogP contribution in [0.25, 0.3) is 6.08 Å². The molecule has 2 amide bonds. The third-order valence-corrected chi connectivity index (χ3v) is 5.31. The highest BCUT2D eigenvalue weighted by Gasteiger charge is 2.40.